The molecule has 5 nitrogen and oxygen atoms in total. The molecule has 0 bridgehead atoms. The van der Waals surface area contributed by atoms with Crippen LogP contribution in [0.1, 0.15) is 32.5 Å². The Morgan fingerprint density at radius 3 is 2.50 bits per heavy atom. The fourth-order valence-electron chi connectivity index (χ4n) is 2.61. The number of carbonyl (C=O) groups excluding carboxylic acids is 1. The van der Waals surface area contributed by atoms with E-state index in [0.717, 1.165) is 0 Å². The van der Waals surface area contributed by atoms with Gasteiger partial charge in [0.2, 0.25) is 5.91 Å². The first-order chi connectivity index (χ1) is 9.25. The third-order valence-corrected chi connectivity index (χ3v) is 4.15. The summed E-state index contributed by atoms with van der Waals surface area (Å²) in [5, 5.41) is 12.4. The Balaban J connectivity index is 2.02. The predicted molar refractivity (Wildman–Crippen MR) is 74.2 cm³/mol. The Hall–Kier alpha value is -1.62. The number of aromatic nitrogens is 1. The van der Waals surface area contributed by atoms with Crippen molar-refractivity contribution in [3.05, 3.63) is 29.0 Å². The molecule has 1 saturated carbocycles. The highest BCUT2D eigenvalue weighted by molar-refractivity contribution is 6.30. The second-order valence-corrected chi connectivity index (χ2v) is 6.18. The molecule has 0 aliphatic heterocycles. The monoisotopic (exact) mass is 296 g/mol. The molecular formula is C14H17ClN2O3. The molecule has 20 heavy (non-hydrogen) atoms. The normalized spacial score (nSPS) is 24.8. The third kappa shape index (κ3) is 2.63. The predicted octanol–water partition coefficient (Wildman–Crippen LogP) is 2.27. The fourth-order valence-corrected chi connectivity index (χ4v) is 2.72. The molecule has 0 unspecified atom stereocenters. The number of hydrogen-bond donors (Lipinski definition) is 2. The van der Waals surface area contributed by atoms with Crippen LogP contribution in [0.2, 0.25) is 5.02 Å². The van der Waals surface area contributed by atoms with Crippen LogP contribution in [0.25, 0.3) is 0 Å². The number of amides is 1. The lowest BCUT2D eigenvalue weighted by Crippen LogP contribution is -2.30. The molecule has 1 aliphatic rings. The summed E-state index contributed by atoms with van der Waals surface area (Å²) in [6.07, 6.45) is 1.51. The van der Waals surface area contributed by atoms with Gasteiger partial charge in [-0.25, -0.2) is 0 Å². The van der Waals surface area contributed by atoms with Gasteiger partial charge >= 0.3 is 5.97 Å². The van der Waals surface area contributed by atoms with E-state index >= 15 is 0 Å². The van der Waals surface area contributed by atoms with Crippen LogP contribution >= 0.6 is 11.6 Å². The van der Waals surface area contributed by atoms with E-state index in [0.29, 0.717) is 10.7 Å². The molecule has 1 amide bonds. The van der Waals surface area contributed by atoms with Gasteiger partial charge in [-0.15, -0.1) is 0 Å². The first-order valence-electron chi connectivity index (χ1n) is 6.39. The first kappa shape index (κ1) is 14.8. The van der Waals surface area contributed by atoms with E-state index in [1.807, 2.05) is 0 Å². The maximum absolute atomic E-state index is 12.2. The zero-order valence-electron chi connectivity index (χ0n) is 11.6. The highest BCUT2D eigenvalue weighted by atomic mass is 35.5. The Morgan fingerprint density at radius 2 is 2.05 bits per heavy atom. The summed E-state index contributed by atoms with van der Waals surface area (Å²) in [6.45, 7) is 5.39. The Morgan fingerprint density at radius 1 is 1.40 bits per heavy atom. The Labute approximate surface area is 122 Å². The molecule has 2 N–H and O–H groups in total. The standard InChI is InChI=1S/C14H17ClN2O3/c1-7(9-5-4-8(15)6-16-9)17-12(18)10-11(13(19)20)14(10,2)3/h4-7,10-11H,1-3H3,(H,17,18)(H,19,20)/t7-,10+,11-/m1/s1. The van der Waals surface area contributed by atoms with Gasteiger partial charge in [0.1, 0.15) is 0 Å². The number of nitrogens with zero attached hydrogens (tertiary/aromatic N) is 1. The third-order valence-electron chi connectivity index (χ3n) is 3.93. The van der Waals surface area contributed by atoms with Gasteiger partial charge in [0.15, 0.2) is 0 Å². The largest absolute Gasteiger partial charge is 0.481 e. The van der Waals surface area contributed by atoms with E-state index in [-0.39, 0.29) is 11.9 Å². The van der Waals surface area contributed by atoms with Gasteiger partial charge in [0, 0.05) is 6.20 Å². The van der Waals surface area contributed by atoms with Crippen LogP contribution in [0, 0.1) is 17.3 Å². The number of rotatable bonds is 4. The summed E-state index contributed by atoms with van der Waals surface area (Å²) >= 11 is 5.76. The van der Waals surface area contributed by atoms with Crippen molar-refractivity contribution >= 4 is 23.5 Å². The van der Waals surface area contributed by atoms with Crippen LogP contribution in [0.15, 0.2) is 18.3 Å². The van der Waals surface area contributed by atoms with E-state index < -0.39 is 23.2 Å². The summed E-state index contributed by atoms with van der Waals surface area (Å²) in [7, 11) is 0. The molecule has 1 aromatic rings. The summed E-state index contributed by atoms with van der Waals surface area (Å²) < 4.78 is 0. The summed E-state index contributed by atoms with van der Waals surface area (Å²) in [5.74, 6) is -2.28. The number of carboxylic acid groups (broad SMARTS) is 1. The van der Waals surface area contributed by atoms with Crippen molar-refractivity contribution in [2.45, 2.75) is 26.8 Å². The summed E-state index contributed by atoms with van der Waals surface area (Å²) in [5.41, 5.74) is 0.191. The lowest BCUT2D eigenvalue weighted by Gasteiger charge is -2.14. The minimum atomic E-state index is -0.924. The smallest absolute Gasteiger partial charge is 0.307 e. The van der Waals surface area contributed by atoms with Crippen LogP contribution in [-0.2, 0) is 9.59 Å². The maximum atomic E-state index is 12.2. The molecule has 0 aromatic carbocycles. The molecule has 0 radical (unpaired) electrons. The van der Waals surface area contributed by atoms with Gasteiger partial charge in [-0.2, -0.15) is 0 Å². The average molecular weight is 297 g/mol. The second kappa shape index (κ2) is 5.05. The first-order valence-corrected chi connectivity index (χ1v) is 6.77. The summed E-state index contributed by atoms with van der Waals surface area (Å²) in [6, 6.07) is 3.15. The minimum absolute atomic E-state index is 0.244. The molecule has 0 saturated heterocycles. The van der Waals surface area contributed by atoms with E-state index in [2.05, 4.69) is 10.3 Å². The van der Waals surface area contributed by atoms with Gasteiger partial charge in [-0.3, -0.25) is 14.6 Å². The maximum Gasteiger partial charge on any atom is 0.307 e. The van der Waals surface area contributed by atoms with Crippen LogP contribution in [0.3, 0.4) is 0 Å². The van der Waals surface area contributed by atoms with Crippen LogP contribution in [0.5, 0.6) is 0 Å². The lowest BCUT2D eigenvalue weighted by molar-refractivity contribution is -0.140. The number of halogens is 1. The van der Waals surface area contributed by atoms with Crippen LogP contribution < -0.4 is 5.32 Å². The summed E-state index contributed by atoms with van der Waals surface area (Å²) in [4.78, 5) is 27.4. The van der Waals surface area contributed by atoms with E-state index in [4.69, 9.17) is 16.7 Å². The Bertz CT molecular complexity index is 542. The van der Waals surface area contributed by atoms with Crippen molar-refractivity contribution < 1.29 is 14.7 Å². The van der Waals surface area contributed by atoms with E-state index in [1.165, 1.54) is 6.20 Å². The number of hydrogen-bond acceptors (Lipinski definition) is 3. The van der Waals surface area contributed by atoms with Crippen molar-refractivity contribution in [2.75, 3.05) is 0 Å². The Kier molecular flexibility index (Phi) is 3.73. The second-order valence-electron chi connectivity index (χ2n) is 5.75. The minimum Gasteiger partial charge on any atom is -0.481 e. The topological polar surface area (TPSA) is 79.3 Å². The zero-order chi connectivity index (χ0) is 15.1. The highest BCUT2D eigenvalue weighted by Gasteiger charge is 2.65. The SMILES string of the molecule is C[C@@H](NC(=O)[C@@H]1[C@H](C(=O)O)C1(C)C)c1ccc(Cl)cn1. The molecule has 1 aliphatic carbocycles. The molecule has 1 aromatic heterocycles. The number of aliphatic carboxylic acids is 1. The van der Waals surface area contributed by atoms with E-state index in [9.17, 15) is 9.59 Å². The molecule has 3 atom stereocenters. The quantitative estimate of drug-likeness (QED) is 0.893. The molecule has 0 spiro atoms. The molecule has 2 rings (SSSR count). The van der Waals surface area contributed by atoms with E-state index in [1.54, 1.807) is 32.9 Å². The molecule has 1 heterocycles. The van der Waals surface area contributed by atoms with Crippen LogP contribution in [0.4, 0.5) is 0 Å². The number of nitrogens with one attached hydrogen (secondary N) is 1. The van der Waals surface area contributed by atoms with Crippen molar-refractivity contribution in [1.82, 2.24) is 10.3 Å². The van der Waals surface area contributed by atoms with Crippen molar-refractivity contribution in [1.29, 1.82) is 0 Å². The van der Waals surface area contributed by atoms with Crippen molar-refractivity contribution in [3.63, 3.8) is 0 Å². The number of pyridine rings is 1. The molecule has 6 heteroatoms. The molecule has 108 valence electrons. The fraction of sp³-hybridized carbons (Fsp3) is 0.500. The van der Waals surface area contributed by atoms with Gasteiger partial charge in [0.05, 0.1) is 28.6 Å². The lowest BCUT2D eigenvalue weighted by atomic mass is 10.1. The van der Waals surface area contributed by atoms with Gasteiger partial charge in [-0.05, 0) is 24.5 Å². The van der Waals surface area contributed by atoms with Gasteiger partial charge < -0.3 is 10.4 Å². The average Bonchev–Trinajstić information content (AvgIpc) is 2.93. The van der Waals surface area contributed by atoms with Gasteiger partial charge in [-0.1, -0.05) is 25.4 Å². The highest BCUT2D eigenvalue weighted by Crippen LogP contribution is 2.58. The zero-order valence-corrected chi connectivity index (χ0v) is 12.3. The molecule has 1 fully saturated rings. The van der Waals surface area contributed by atoms with Crippen LogP contribution in [-0.4, -0.2) is 22.0 Å². The molecular weight excluding hydrogens is 280 g/mol. The van der Waals surface area contributed by atoms with Crippen molar-refractivity contribution in [2.24, 2.45) is 17.3 Å². The number of carbonyl (C=O) groups is 2. The van der Waals surface area contributed by atoms with Crippen molar-refractivity contribution in [3.8, 4) is 0 Å². The van der Waals surface area contributed by atoms with Gasteiger partial charge in [0.25, 0.3) is 0 Å². The number of carboxylic acids is 1.